The Morgan fingerprint density at radius 1 is 1.50 bits per heavy atom. The van der Waals surface area contributed by atoms with Crippen molar-refractivity contribution in [2.75, 3.05) is 13.1 Å². The van der Waals surface area contributed by atoms with Crippen LogP contribution in [0.1, 0.15) is 6.42 Å². The van der Waals surface area contributed by atoms with Crippen LogP contribution in [0.15, 0.2) is 0 Å². The van der Waals surface area contributed by atoms with Gasteiger partial charge in [-0.05, 0) is 0 Å². The number of carbonyl (C=O) groups excluding carboxylic acids is 3. The lowest BCUT2D eigenvalue weighted by molar-refractivity contribution is -0.137. The van der Waals surface area contributed by atoms with Gasteiger partial charge in [-0.15, -0.1) is 0 Å². The van der Waals surface area contributed by atoms with E-state index in [1.807, 2.05) is 5.32 Å². The second-order valence-corrected chi connectivity index (χ2v) is 3.34. The lowest BCUT2D eigenvalue weighted by atomic mass is 10.1. The third-order valence-electron chi connectivity index (χ3n) is 2.18. The minimum absolute atomic E-state index is 0.0712. The van der Waals surface area contributed by atoms with Gasteiger partial charge in [0.25, 0.3) is 0 Å². The summed E-state index contributed by atoms with van der Waals surface area (Å²) in [5.74, 6) is -3.78. The molecular weight excluding hydrogens is 218 g/mol. The molecule has 8 nitrogen and oxygen atoms in total. The fraction of sp³-hybridized carbons (Fsp3) is 0.500. The summed E-state index contributed by atoms with van der Waals surface area (Å²) in [6.45, 7) is -0.245. The third kappa shape index (κ3) is 2.69. The van der Waals surface area contributed by atoms with Gasteiger partial charge >= 0.3 is 12.0 Å². The van der Waals surface area contributed by atoms with E-state index in [-0.39, 0.29) is 19.5 Å². The van der Waals surface area contributed by atoms with Gasteiger partial charge in [-0.1, -0.05) is 0 Å². The number of rotatable bonds is 4. The lowest BCUT2D eigenvalue weighted by Gasteiger charge is -2.30. The summed E-state index contributed by atoms with van der Waals surface area (Å²) in [5.41, 5.74) is 4.97. The van der Waals surface area contributed by atoms with Crippen molar-refractivity contribution >= 4 is 23.8 Å². The molecule has 16 heavy (non-hydrogen) atoms. The first kappa shape index (κ1) is 12.0. The summed E-state index contributed by atoms with van der Waals surface area (Å²) in [6.07, 6.45) is -0.257. The van der Waals surface area contributed by atoms with Crippen LogP contribution in [0.2, 0.25) is 0 Å². The van der Waals surface area contributed by atoms with E-state index in [4.69, 9.17) is 10.8 Å². The van der Waals surface area contributed by atoms with Crippen molar-refractivity contribution < 1.29 is 24.3 Å². The van der Waals surface area contributed by atoms with Gasteiger partial charge in [-0.2, -0.15) is 0 Å². The molecule has 1 unspecified atom stereocenters. The van der Waals surface area contributed by atoms with Crippen LogP contribution in [0, 0.1) is 5.92 Å². The van der Waals surface area contributed by atoms with E-state index >= 15 is 0 Å². The smallest absolute Gasteiger partial charge is 0.324 e. The van der Waals surface area contributed by atoms with Gasteiger partial charge in [0.05, 0.1) is 6.42 Å². The van der Waals surface area contributed by atoms with Crippen molar-refractivity contribution in [1.29, 1.82) is 0 Å². The molecule has 0 radical (unpaired) electrons. The fourth-order valence-electron chi connectivity index (χ4n) is 1.30. The van der Waals surface area contributed by atoms with Gasteiger partial charge < -0.3 is 15.7 Å². The Balaban J connectivity index is 2.64. The second kappa shape index (κ2) is 4.60. The summed E-state index contributed by atoms with van der Waals surface area (Å²) in [4.78, 5) is 44.6. The second-order valence-electron chi connectivity index (χ2n) is 3.34. The van der Waals surface area contributed by atoms with E-state index in [0.717, 1.165) is 4.90 Å². The van der Waals surface area contributed by atoms with Crippen molar-refractivity contribution in [3.63, 3.8) is 0 Å². The first-order valence-electron chi connectivity index (χ1n) is 4.52. The first-order valence-corrected chi connectivity index (χ1v) is 4.52. The van der Waals surface area contributed by atoms with Crippen LogP contribution >= 0.6 is 0 Å². The Kier molecular flexibility index (Phi) is 3.44. The number of aliphatic carboxylic acids is 1. The molecule has 1 atom stereocenters. The Morgan fingerprint density at radius 2 is 2.12 bits per heavy atom. The summed E-state index contributed by atoms with van der Waals surface area (Å²) in [7, 11) is 0. The van der Waals surface area contributed by atoms with Gasteiger partial charge in [-0.25, -0.2) is 4.79 Å². The summed E-state index contributed by atoms with van der Waals surface area (Å²) in [5, 5.41) is 10.4. The highest BCUT2D eigenvalue weighted by molar-refractivity contribution is 6.08. The molecule has 1 fully saturated rings. The van der Waals surface area contributed by atoms with Crippen LogP contribution in [-0.4, -0.2) is 46.9 Å². The highest BCUT2D eigenvalue weighted by atomic mass is 16.4. The molecule has 88 valence electrons. The normalized spacial score (nSPS) is 20.5. The number of amides is 4. The zero-order valence-corrected chi connectivity index (χ0v) is 8.30. The molecule has 0 saturated carbocycles. The summed E-state index contributed by atoms with van der Waals surface area (Å²) >= 11 is 0. The molecule has 8 heteroatoms. The van der Waals surface area contributed by atoms with Crippen LogP contribution in [0.25, 0.3) is 0 Å². The van der Waals surface area contributed by atoms with Crippen molar-refractivity contribution in [3.05, 3.63) is 0 Å². The molecule has 4 N–H and O–H groups in total. The minimum atomic E-state index is -1.12. The van der Waals surface area contributed by atoms with Crippen LogP contribution in [0.5, 0.6) is 0 Å². The van der Waals surface area contributed by atoms with Gasteiger partial charge in [-0.3, -0.25) is 19.7 Å². The van der Waals surface area contributed by atoms with Crippen LogP contribution in [0.4, 0.5) is 4.79 Å². The van der Waals surface area contributed by atoms with Crippen molar-refractivity contribution in [1.82, 2.24) is 10.2 Å². The number of carbonyl (C=O) groups is 4. The Hall–Kier alpha value is -2.12. The maximum Gasteiger partial charge on any atom is 0.324 e. The van der Waals surface area contributed by atoms with Crippen LogP contribution < -0.4 is 11.1 Å². The van der Waals surface area contributed by atoms with Crippen molar-refractivity contribution in [3.8, 4) is 0 Å². The largest absolute Gasteiger partial charge is 0.481 e. The number of carboxylic acid groups (broad SMARTS) is 1. The lowest BCUT2D eigenvalue weighted by Crippen LogP contribution is -2.57. The molecule has 1 saturated heterocycles. The summed E-state index contributed by atoms with van der Waals surface area (Å²) in [6, 6.07) is -0.705. The molecule has 1 aliphatic heterocycles. The number of carboxylic acids is 1. The number of nitrogens with zero attached hydrogens (tertiary/aromatic N) is 1. The molecule has 1 aliphatic rings. The Labute approximate surface area is 90.4 Å². The highest BCUT2D eigenvalue weighted by Crippen LogP contribution is 2.08. The topological polar surface area (TPSA) is 130 Å². The molecule has 1 rings (SSSR count). The average molecular weight is 229 g/mol. The van der Waals surface area contributed by atoms with E-state index in [9.17, 15) is 19.2 Å². The number of primary amides is 1. The molecule has 0 aliphatic carbocycles. The van der Waals surface area contributed by atoms with Gasteiger partial charge in [0.1, 0.15) is 5.92 Å². The highest BCUT2D eigenvalue weighted by Gasteiger charge is 2.35. The third-order valence-corrected chi connectivity index (χ3v) is 2.18. The van der Waals surface area contributed by atoms with Gasteiger partial charge in [0.15, 0.2) is 0 Å². The van der Waals surface area contributed by atoms with Crippen LogP contribution in [-0.2, 0) is 14.4 Å². The number of hydrogen-bond acceptors (Lipinski definition) is 4. The zero-order valence-electron chi connectivity index (χ0n) is 8.30. The Morgan fingerprint density at radius 3 is 2.62 bits per heavy atom. The standard InChI is InChI=1S/C8H11N3O5/c9-6(14)4-3-11(2-1-5(12)13)8(16)10-7(4)15/h4H,1-3H2,(H2,9,14)(H,12,13)(H,10,15,16). The van der Waals surface area contributed by atoms with Gasteiger partial charge in [0.2, 0.25) is 11.8 Å². The van der Waals surface area contributed by atoms with Gasteiger partial charge in [0, 0.05) is 13.1 Å². The predicted molar refractivity (Wildman–Crippen MR) is 50.0 cm³/mol. The van der Waals surface area contributed by atoms with Crippen LogP contribution in [0.3, 0.4) is 0 Å². The monoisotopic (exact) mass is 229 g/mol. The molecule has 4 amide bonds. The number of nitrogens with one attached hydrogen (secondary N) is 1. The van der Waals surface area contributed by atoms with E-state index < -0.39 is 29.7 Å². The average Bonchev–Trinajstić information content (AvgIpc) is 2.15. The Bertz CT molecular complexity index is 354. The molecule has 0 aromatic carbocycles. The molecule has 0 aromatic heterocycles. The van der Waals surface area contributed by atoms with E-state index in [1.165, 1.54) is 0 Å². The molecule has 1 heterocycles. The number of urea groups is 1. The SMILES string of the molecule is NC(=O)C1CN(CCC(=O)O)C(=O)NC1=O. The molecular formula is C8H11N3O5. The van der Waals surface area contributed by atoms with E-state index in [1.54, 1.807) is 0 Å². The fourth-order valence-corrected chi connectivity index (χ4v) is 1.30. The maximum atomic E-state index is 11.2. The number of nitrogens with two attached hydrogens (primary N) is 1. The first-order chi connectivity index (χ1) is 7.41. The number of imide groups is 1. The van der Waals surface area contributed by atoms with E-state index in [0.29, 0.717) is 0 Å². The molecule has 0 aromatic rings. The maximum absolute atomic E-state index is 11.2. The quantitative estimate of drug-likeness (QED) is 0.485. The summed E-state index contributed by atoms with van der Waals surface area (Å²) < 4.78 is 0. The van der Waals surface area contributed by atoms with Crippen molar-refractivity contribution in [2.45, 2.75) is 6.42 Å². The minimum Gasteiger partial charge on any atom is -0.481 e. The zero-order chi connectivity index (χ0) is 12.3. The molecule has 0 spiro atoms. The predicted octanol–water partition coefficient (Wildman–Crippen LogP) is -1.89. The molecule has 0 bridgehead atoms. The number of hydrogen-bond donors (Lipinski definition) is 3. The van der Waals surface area contributed by atoms with Crippen molar-refractivity contribution in [2.24, 2.45) is 11.7 Å². The van der Waals surface area contributed by atoms with E-state index in [2.05, 4.69) is 0 Å².